The Hall–Kier alpha value is -1.51. The van der Waals surface area contributed by atoms with Crippen LogP contribution in [-0.4, -0.2) is 31.1 Å². The van der Waals surface area contributed by atoms with E-state index < -0.39 is 21.1 Å². The number of aliphatic hydroxyl groups excluding tert-OH is 1. The van der Waals surface area contributed by atoms with Gasteiger partial charge >= 0.3 is 0 Å². The van der Waals surface area contributed by atoms with E-state index in [9.17, 15) is 18.5 Å². The van der Waals surface area contributed by atoms with Crippen molar-refractivity contribution in [2.45, 2.75) is 30.8 Å². The molecule has 1 aromatic rings. The lowest BCUT2D eigenvalue weighted by atomic mass is 10.2. The molecule has 1 rings (SSSR count). The molecule has 0 spiro atoms. The van der Waals surface area contributed by atoms with Gasteiger partial charge in [0.15, 0.2) is 0 Å². The first-order valence-electron chi connectivity index (χ1n) is 5.75. The van der Waals surface area contributed by atoms with E-state index in [0.717, 1.165) is 12.1 Å². The van der Waals surface area contributed by atoms with Crippen LogP contribution >= 0.6 is 0 Å². The van der Waals surface area contributed by atoms with Gasteiger partial charge in [0.05, 0.1) is 15.9 Å². The van der Waals surface area contributed by atoms with E-state index in [2.05, 4.69) is 4.72 Å². The second-order valence-corrected chi connectivity index (χ2v) is 5.91. The first-order valence-corrected chi connectivity index (χ1v) is 7.23. The van der Waals surface area contributed by atoms with Crippen LogP contribution in [-0.2, 0) is 10.0 Å². The second-order valence-electron chi connectivity index (χ2n) is 4.14. The van der Waals surface area contributed by atoms with E-state index in [-0.39, 0.29) is 17.1 Å². The fourth-order valence-corrected chi connectivity index (χ4v) is 2.51. The van der Waals surface area contributed by atoms with Crippen LogP contribution < -0.4 is 4.72 Å². The highest BCUT2D eigenvalue weighted by Gasteiger charge is 2.15. The molecule has 106 valence electrons. The highest BCUT2D eigenvalue weighted by molar-refractivity contribution is 7.89. The number of hydrogen-bond acceptors (Lipinski definition) is 5. The smallest absolute Gasteiger partial charge is 0.269 e. The number of aliphatic hydroxyl groups is 1. The molecule has 19 heavy (non-hydrogen) atoms. The lowest BCUT2D eigenvalue weighted by Gasteiger charge is -2.07. The Labute approximate surface area is 111 Å². The van der Waals surface area contributed by atoms with Gasteiger partial charge in [0.2, 0.25) is 10.0 Å². The van der Waals surface area contributed by atoms with Crippen LogP contribution in [0.3, 0.4) is 0 Å². The monoisotopic (exact) mass is 288 g/mol. The Morgan fingerprint density at radius 3 is 2.42 bits per heavy atom. The quantitative estimate of drug-likeness (QED) is 0.442. The summed E-state index contributed by atoms with van der Waals surface area (Å²) in [4.78, 5) is 9.84. The standard InChI is InChI=1S/C11H16N2O5S/c1-9(14)3-2-8-12-19(17,18)11-6-4-10(5-7-11)13(15)16/h4-7,9,12,14H,2-3,8H2,1H3. The molecule has 1 aromatic carbocycles. The van der Waals surface area contributed by atoms with Crippen molar-refractivity contribution in [3.8, 4) is 0 Å². The van der Waals surface area contributed by atoms with Crippen LogP contribution in [0.25, 0.3) is 0 Å². The number of benzene rings is 1. The number of nitro groups is 1. The average Bonchev–Trinajstić information content (AvgIpc) is 2.34. The molecule has 1 atom stereocenters. The summed E-state index contributed by atoms with van der Waals surface area (Å²) in [5.74, 6) is 0. The average molecular weight is 288 g/mol. The molecule has 0 amide bonds. The molecule has 0 radical (unpaired) electrons. The summed E-state index contributed by atoms with van der Waals surface area (Å²) in [5, 5.41) is 19.5. The fraction of sp³-hybridized carbons (Fsp3) is 0.455. The number of rotatable bonds is 7. The predicted molar refractivity (Wildman–Crippen MR) is 69.2 cm³/mol. The number of hydrogen-bond donors (Lipinski definition) is 2. The maximum Gasteiger partial charge on any atom is 0.269 e. The molecule has 0 bridgehead atoms. The number of nitrogens with one attached hydrogen (secondary N) is 1. The van der Waals surface area contributed by atoms with Crippen molar-refractivity contribution in [1.29, 1.82) is 0 Å². The lowest BCUT2D eigenvalue weighted by Crippen LogP contribution is -2.25. The summed E-state index contributed by atoms with van der Waals surface area (Å²) in [6.07, 6.45) is 0.552. The SMILES string of the molecule is CC(O)CCCNS(=O)(=O)c1ccc([N+](=O)[O-])cc1. The minimum Gasteiger partial charge on any atom is -0.393 e. The van der Waals surface area contributed by atoms with Gasteiger partial charge in [0.1, 0.15) is 0 Å². The highest BCUT2D eigenvalue weighted by atomic mass is 32.2. The van der Waals surface area contributed by atoms with Crippen molar-refractivity contribution in [2.24, 2.45) is 0 Å². The molecule has 0 fully saturated rings. The van der Waals surface area contributed by atoms with Crippen molar-refractivity contribution in [3.05, 3.63) is 34.4 Å². The Morgan fingerprint density at radius 1 is 1.37 bits per heavy atom. The predicted octanol–water partition coefficient (Wildman–Crippen LogP) is 1.03. The van der Waals surface area contributed by atoms with Gasteiger partial charge in [-0.25, -0.2) is 13.1 Å². The van der Waals surface area contributed by atoms with Crippen LogP contribution in [0.1, 0.15) is 19.8 Å². The number of nitro benzene ring substituents is 1. The Kier molecular flexibility index (Phi) is 5.40. The van der Waals surface area contributed by atoms with Crippen molar-refractivity contribution < 1.29 is 18.4 Å². The van der Waals surface area contributed by atoms with Gasteiger partial charge < -0.3 is 5.11 Å². The Bertz CT molecular complexity index is 525. The van der Waals surface area contributed by atoms with E-state index in [1.807, 2.05) is 0 Å². The summed E-state index contributed by atoms with van der Waals surface area (Å²) < 4.78 is 26.0. The molecule has 2 N–H and O–H groups in total. The van der Waals surface area contributed by atoms with Crippen LogP contribution in [0.15, 0.2) is 29.2 Å². The topological polar surface area (TPSA) is 110 Å². The molecule has 0 saturated heterocycles. The number of non-ortho nitro benzene ring substituents is 1. The number of sulfonamides is 1. The van der Waals surface area contributed by atoms with Crippen molar-refractivity contribution in [3.63, 3.8) is 0 Å². The molecule has 0 aromatic heterocycles. The third kappa shape index (κ3) is 4.93. The molecule has 8 heteroatoms. The molecule has 0 aliphatic heterocycles. The van der Waals surface area contributed by atoms with Crippen LogP contribution in [0, 0.1) is 10.1 Å². The summed E-state index contributed by atoms with van der Waals surface area (Å²) in [6, 6.07) is 4.67. The fourth-order valence-electron chi connectivity index (χ4n) is 1.43. The normalized spacial score (nSPS) is 13.2. The first kappa shape index (κ1) is 15.5. The molecule has 7 nitrogen and oxygen atoms in total. The maximum absolute atomic E-state index is 11.8. The Morgan fingerprint density at radius 2 is 1.95 bits per heavy atom. The summed E-state index contributed by atoms with van der Waals surface area (Å²) in [5.41, 5.74) is -0.159. The van der Waals surface area contributed by atoms with E-state index in [0.29, 0.717) is 12.8 Å². The van der Waals surface area contributed by atoms with Gasteiger partial charge in [-0.1, -0.05) is 0 Å². The Balaban J connectivity index is 2.64. The first-order chi connectivity index (χ1) is 8.83. The third-order valence-corrected chi connectivity index (χ3v) is 3.93. The summed E-state index contributed by atoms with van der Waals surface area (Å²) >= 11 is 0. The zero-order valence-corrected chi connectivity index (χ0v) is 11.3. The summed E-state index contributed by atoms with van der Waals surface area (Å²) in [6.45, 7) is 1.84. The lowest BCUT2D eigenvalue weighted by molar-refractivity contribution is -0.384. The molecule has 0 aliphatic carbocycles. The maximum atomic E-state index is 11.8. The van der Waals surface area contributed by atoms with E-state index in [1.165, 1.54) is 12.1 Å². The van der Waals surface area contributed by atoms with Gasteiger partial charge in [-0.3, -0.25) is 10.1 Å². The van der Waals surface area contributed by atoms with E-state index in [1.54, 1.807) is 6.92 Å². The minimum atomic E-state index is -3.65. The molecule has 0 saturated carbocycles. The molecule has 0 heterocycles. The molecule has 0 aliphatic rings. The highest BCUT2D eigenvalue weighted by Crippen LogP contribution is 2.15. The number of nitrogens with zero attached hydrogens (tertiary/aromatic N) is 1. The van der Waals surface area contributed by atoms with Crippen molar-refractivity contribution in [2.75, 3.05) is 6.54 Å². The molecular formula is C11H16N2O5S. The van der Waals surface area contributed by atoms with Crippen LogP contribution in [0.2, 0.25) is 0 Å². The van der Waals surface area contributed by atoms with Crippen molar-refractivity contribution in [1.82, 2.24) is 4.72 Å². The third-order valence-electron chi connectivity index (χ3n) is 2.45. The van der Waals surface area contributed by atoms with Gasteiger partial charge in [0, 0.05) is 18.7 Å². The second kappa shape index (κ2) is 6.60. The van der Waals surface area contributed by atoms with Gasteiger partial charge in [-0.2, -0.15) is 0 Å². The summed E-state index contributed by atoms with van der Waals surface area (Å²) in [7, 11) is -3.65. The van der Waals surface area contributed by atoms with Crippen molar-refractivity contribution >= 4 is 15.7 Å². The minimum absolute atomic E-state index is 0.0184. The molecule has 1 unspecified atom stereocenters. The molecular weight excluding hydrogens is 272 g/mol. The zero-order chi connectivity index (χ0) is 14.5. The van der Waals surface area contributed by atoms with Gasteiger partial charge in [-0.15, -0.1) is 0 Å². The van der Waals surface area contributed by atoms with Crippen LogP contribution in [0.5, 0.6) is 0 Å². The van der Waals surface area contributed by atoms with E-state index in [4.69, 9.17) is 5.11 Å². The zero-order valence-electron chi connectivity index (χ0n) is 10.4. The van der Waals surface area contributed by atoms with Gasteiger partial charge in [0.25, 0.3) is 5.69 Å². The largest absolute Gasteiger partial charge is 0.393 e. The van der Waals surface area contributed by atoms with Crippen LogP contribution in [0.4, 0.5) is 5.69 Å². The van der Waals surface area contributed by atoms with Gasteiger partial charge in [-0.05, 0) is 31.9 Å². The van der Waals surface area contributed by atoms with E-state index >= 15 is 0 Å².